The Morgan fingerprint density at radius 2 is 2.04 bits per heavy atom. The number of methoxy groups -OCH3 is 1. The minimum absolute atomic E-state index is 0.0257. The summed E-state index contributed by atoms with van der Waals surface area (Å²) in [6, 6.07) is 3.01. The summed E-state index contributed by atoms with van der Waals surface area (Å²) >= 11 is 0. The zero-order valence-corrected chi connectivity index (χ0v) is 15.1. The van der Waals surface area contributed by atoms with Gasteiger partial charge in [-0.3, -0.25) is 4.79 Å². The lowest BCUT2D eigenvalue weighted by Crippen LogP contribution is -2.16. The number of aromatic hydroxyl groups is 1. The second kappa shape index (κ2) is 9.77. The van der Waals surface area contributed by atoms with Crippen LogP contribution in [0.4, 0.5) is 0 Å². The zero-order chi connectivity index (χ0) is 18.9. The molecule has 0 saturated heterocycles. The first-order valence-electron chi connectivity index (χ1n) is 8.57. The molecule has 1 aliphatic rings. The van der Waals surface area contributed by atoms with Crippen LogP contribution in [-0.2, 0) is 14.3 Å². The summed E-state index contributed by atoms with van der Waals surface area (Å²) in [6.07, 6.45) is 8.69. The number of phenolic OH excluding ortho intramolecular Hbond substituents is 1. The normalized spacial score (nSPS) is 21.2. The molecule has 1 atom stereocenters. The second-order valence-corrected chi connectivity index (χ2v) is 6.07. The van der Waals surface area contributed by atoms with Gasteiger partial charge in [0.2, 0.25) is 0 Å². The number of rotatable bonds is 3. The molecule has 1 aromatic carbocycles. The molecule has 0 fully saturated rings. The van der Waals surface area contributed by atoms with Gasteiger partial charge in [0.15, 0.2) is 12.6 Å². The van der Waals surface area contributed by atoms with Gasteiger partial charge < -0.3 is 19.3 Å². The summed E-state index contributed by atoms with van der Waals surface area (Å²) in [5.41, 5.74) is 0.585. The fourth-order valence-corrected chi connectivity index (χ4v) is 2.55. The number of carbonyl (C=O) groups excluding carboxylic acids is 2. The Kier molecular flexibility index (Phi) is 7.41. The van der Waals surface area contributed by atoms with E-state index < -0.39 is 12.1 Å². The summed E-state index contributed by atoms with van der Waals surface area (Å²) in [5, 5.41) is 10.3. The lowest BCUT2D eigenvalue weighted by Gasteiger charge is -2.15. The third-order valence-electron chi connectivity index (χ3n) is 3.84. The first-order chi connectivity index (χ1) is 12.5. The van der Waals surface area contributed by atoms with Crippen LogP contribution >= 0.6 is 0 Å². The van der Waals surface area contributed by atoms with Crippen molar-refractivity contribution in [3.63, 3.8) is 0 Å². The highest BCUT2D eigenvalue weighted by molar-refractivity contribution is 5.97. The largest absolute Gasteiger partial charge is 0.507 e. The Morgan fingerprint density at radius 3 is 2.81 bits per heavy atom. The van der Waals surface area contributed by atoms with Gasteiger partial charge in [0.1, 0.15) is 23.2 Å². The number of hydrogen-bond acceptors (Lipinski definition) is 6. The highest BCUT2D eigenvalue weighted by Gasteiger charge is 2.20. The molecule has 140 valence electrons. The Bertz CT molecular complexity index is 704. The van der Waals surface area contributed by atoms with Gasteiger partial charge in [0.05, 0.1) is 0 Å². The van der Waals surface area contributed by atoms with Crippen LogP contribution in [0, 0.1) is 0 Å². The van der Waals surface area contributed by atoms with Crippen molar-refractivity contribution in [1.82, 2.24) is 0 Å². The van der Waals surface area contributed by atoms with Gasteiger partial charge in [-0.15, -0.1) is 0 Å². The maximum atomic E-state index is 12.5. The number of hydrogen-bond donors (Lipinski definition) is 1. The van der Waals surface area contributed by atoms with Crippen LogP contribution in [0.15, 0.2) is 30.4 Å². The monoisotopic (exact) mass is 360 g/mol. The van der Waals surface area contributed by atoms with Crippen molar-refractivity contribution in [2.45, 2.75) is 38.7 Å². The van der Waals surface area contributed by atoms with Crippen LogP contribution in [0.25, 0.3) is 6.08 Å². The number of ketones is 1. The van der Waals surface area contributed by atoms with Crippen LogP contribution in [0.3, 0.4) is 0 Å². The summed E-state index contributed by atoms with van der Waals surface area (Å²) in [7, 11) is 1.49. The maximum Gasteiger partial charge on any atom is 0.342 e. The van der Waals surface area contributed by atoms with Crippen LogP contribution in [0.5, 0.6) is 11.5 Å². The first kappa shape index (κ1) is 19.7. The molecular formula is C20H24O6. The number of fused-ring (bicyclic) bond motifs is 1. The lowest BCUT2D eigenvalue weighted by molar-refractivity contribution is -0.114. The van der Waals surface area contributed by atoms with Crippen molar-refractivity contribution in [2.75, 3.05) is 13.9 Å². The highest BCUT2D eigenvalue weighted by Crippen LogP contribution is 2.30. The Labute approximate surface area is 153 Å². The molecule has 1 aliphatic heterocycles. The third-order valence-corrected chi connectivity index (χ3v) is 3.84. The van der Waals surface area contributed by atoms with Crippen molar-refractivity contribution >= 4 is 17.8 Å². The van der Waals surface area contributed by atoms with E-state index >= 15 is 0 Å². The maximum absolute atomic E-state index is 12.5. The number of carbonyl (C=O) groups is 2. The van der Waals surface area contributed by atoms with Gasteiger partial charge in [-0.1, -0.05) is 18.2 Å². The number of allylic oxidation sites excluding steroid dienone is 2. The number of esters is 1. The van der Waals surface area contributed by atoms with Gasteiger partial charge in [-0.25, -0.2) is 4.79 Å². The standard InChI is InChI=1S/C20H24O6/c1-14-7-6-10-16(21)9-5-3-4-8-15-11-17(25-13-24-2)12-18(22)19(15)20(23)26-14/h4,6,8,10-12,14,22H,3,5,7,9,13H2,1-2H3/b8-4+,10-6-/t14-/m0/s1. The molecule has 1 heterocycles. The molecule has 26 heavy (non-hydrogen) atoms. The lowest BCUT2D eigenvalue weighted by atomic mass is 10.0. The van der Waals surface area contributed by atoms with Gasteiger partial charge in [-0.2, -0.15) is 0 Å². The summed E-state index contributed by atoms with van der Waals surface area (Å²) < 4.78 is 15.6. The first-order valence-corrected chi connectivity index (χ1v) is 8.57. The molecule has 0 aliphatic carbocycles. The average Bonchev–Trinajstić information content (AvgIpc) is 2.58. The predicted octanol–water partition coefficient (Wildman–Crippen LogP) is 3.63. The van der Waals surface area contributed by atoms with Crippen LogP contribution in [-0.4, -0.2) is 36.9 Å². The summed E-state index contributed by atoms with van der Waals surface area (Å²) in [4.78, 5) is 24.3. The number of benzene rings is 1. The molecule has 0 radical (unpaired) electrons. The van der Waals surface area contributed by atoms with Crippen LogP contribution in [0.1, 0.15) is 48.5 Å². The highest BCUT2D eigenvalue weighted by atomic mass is 16.7. The average molecular weight is 360 g/mol. The SMILES string of the molecule is COCOc1cc(O)c2c(c1)/C=C/CCCC(=O)/C=C\C[C@H](C)OC2=O. The number of phenols is 1. The van der Waals surface area contributed by atoms with Crippen LogP contribution < -0.4 is 4.74 Å². The molecule has 0 aromatic heterocycles. The summed E-state index contributed by atoms with van der Waals surface area (Å²) in [5.74, 6) is -0.395. The van der Waals surface area contributed by atoms with E-state index in [9.17, 15) is 14.7 Å². The quantitative estimate of drug-likeness (QED) is 0.655. The van der Waals surface area contributed by atoms with Gasteiger partial charge in [0, 0.05) is 26.0 Å². The molecule has 0 spiro atoms. The molecule has 6 heteroatoms. The summed E-state index contributed by atoms with van der Waals surface area (Å²) in [6.45, 7) is 1.76. The predicted molar refractivity (Wildman–Crippen MR) is 97.1 cm³/mol. The fourth-order valence-electron chi connectivity index (χ4n) is 2.55. The van der Waals surface area contributed by atoms with E-state index in [4.69, 9.17) is 14.2 Å². The molecule has 1 aromatic rings. The molecule has 6 nitrogen and oxygen atoms in total. The topological polar surface area (TPSA) is 82.1 Å². The zero-order valence-electron chi connectivity index (χ0n) is 15.1. The van der Waals surface area contributed by atoms with Gasteiger partial charge in [0.25, 0.3) is 0 Å². The van der Waals surface area contributed by atoms with Crippen molar-refractivity contribution in [3.8, 4) is 11.5 Å². The van der Waals surface area contributed by atoms with E-state index in [0.717, 1.165) is 0 Å². The minimum atomic E-state index is -0.621. The van der Waals surface area contributed by atoms with Crippen molar-refractivity contribution < 1.29 is 28.9 Å². The Balaban J connectivity index is 2.35. The Morgan fingerprint density at radius 1 is 1.23 bits per heavy atom. The van der Waals surface area contributed by atoms with E-state index in [1.807, 2.05) is 6.08 Å². The van der Waals surface area contributed by atoms with Crippen molar-refractivity contribution in [3.05, 3.63) is 41.5 Å². The fraction of sp³-hybridized carbons (Fsp3) is 0.400. The molecule has 0 amide bonds. The second-order valence-electron chi connectivity index (χ2n) is 6.07. The number of ether oxygens (including phenoxy) is 3. The van der Waals surface area contributed by atoms with E-state index in [1.54, 1.807) is 25.1 Å². The van der Waals surface area contributed by atoms with E-state index in [1.165, 1.54) is 19.3 Å². The molecular weight excluding hydrogens is 336 g/mol. The van der Waals surface area contributed by atoms with Crippen LogP contribution in [0.2, 0.25) is 0 Å². The molecule has 2 rings (SSSR count). The Hall–Kier alpha value is -2.60. The van der Waals surface area contributed by atoms with E-state index in [2.05, 4.69) is 0 Å². The van der Waals surface area contributed by atoms with E-state index in [-0.39, 0.29) is 23.9 Å². The molecule has 1 N–H and O–H groups in total. The van der Waals surface area contributed by atoms with Gasteiger partial charge >= 0.3 is 5.97 Å². The molecule has 0 saturated carbocycles. The number of cyclic esters (lactones) is 1. The molecule has 0 bridgehead atoms. The van der Waals surface area contributed by atoms with Crippen molar-refractivity contribution in [2.24, 2.45) is 0 Å². The molecule has 0 unspecified atom stereocenters. The smallest absolute Gasteiger partial charge is 0.342 e. The van der Waals surface area contributed by atoms with Crippen molar-refractivity contribution in [1.29, 1.82) is 0 Å². The van der Waals surface area contributed by atoms with Gasteiger partial charge in [-0.05, 0) is 37.5 Å². The third kappa shape index (κ3) is 5.74. The minimum Gasteiger partial charge on any atom is -0.507 e. The van der Waals surface area contributed by atoms with E-state index in [0.29, 0.717) is 37.0 Å².